The standard InChI is InChI=1S/C20H31NO2/c1-19(2,3)15-12-16(20(4,5)6)18(23)17(22)14(15)13-21-10-8-7-9-11-21/h12H,7-11,13H2,1-6H3. The van der Waals surface area contributed by atoms with Crippen LogP contribution in [0.25, 0.3) is 0 Å². The fraction of sp³-hybridized carbons (Fsp3) is 0.700. The molecule has 2 aliphatic rings. The minimum atomic E-state index is -0.308. The summed E-state index contributed by atoms with van der Waals surface area (Å²) in [4.78, 5) is 27.8. The van der Waals surface area contributed by atoms with Crippen LogP contribution in [0.4, 0.5) is 0 Å². The van der Waals surface area contributed by atoms with E-state index in [-0.39, 0.29) is 22.4 Å². The van der Waals surface area contributed by atoms with E-state index in [1.165, 1.54) is 19.3 Å². The lowest BCUT2D eigenvalue weighted by Gasteiger charge is -2.34. The Hall–Kier alpha value is -1.22. The summed E-state index contributed by atoms with van der Waals surface area (Å²) in [5.74, 6) is -0.592. The lowest BCUT2D eigenvalue weighted by Crippen LogP contribution is -2.39. The number of hydrogen-bond acceptors (Lipinski definition) is 3. The van der Waals surface area contributed by atoms with Crippen molar-refractivity contribution in [2.45, 2.75) is 60.8 Å². The van der Waals surface area contributed by atoms with Crippen LogP contribution in [-0.4, -0.2) is 36.1 Å². The Kier molecular flexibility index (Phi) is 5.00. The first-order valence-corrected chi connectivity index (χ1v) is 8.79. The molecule has 0 aromatic heterocycles. The minimum absolute atomic E-state index is 0.141. The summed E-state index contributed by atoms with van der Waals surface area (Å²) in [5.41, 5.74) is 1.96. The lowest BCUT2D eigenvalue weighted by molar-refractivity contribution is -0.133. The number of nitrogens with zero attached hydrogens (tertiary/aromatic N) is 1. The van der Waals surface area contributed by atoms with E-state index in [0.29, 0.717) is 12.1 Å². The Balaban J connectivity index is 2.47. The van der Waals surface area contributed by atoms with Gasteiger partial charge in [0.2, 0.25) is 11.6 Å². The maximum Gasteiger partial charge on any atom is 0.230 e. The van der Waals surface area contributed by atoms with Crippen molar-refractivity contribution in [3.8, 4) is 0 Å². The molecule has 0 radical (unpaired) electrons. The molecule has 1 fully saturated rings. The predicted octanol–water partition coefficient (Wildman–Crippen LogP) is 3.94. The molecule has 1 aliphatic carbocycles. The molecule has 0 unspecified atom stereocenters. The van der Waals surface area contributed by atoms with E-state index in [1.807, 2.05) is 26.8 Å². The number of Topliss-reactive ketones (excluding diaryl/α,β-unsaturated/α-hetero) is 2. The molecule has 0 N–H and O–H groups in total. The van der Waals surface area contributed by atoms with Crippen molar-refractivity contribution < 1.29 is 9.59 Å². The van der Waals surface area contributed by atoms with Crippen molar-refractivity contribution in [1.82, 2.24) is 4.90 Å². The third-order valence-electron chi connectivity index (χ3n) is 4.79. The van der Waals surface area contributed by atoms with E-state index >= 15 is 0 Å². The molecule has 3 nitrogen and oxygen atoms in total. The van der Waals surface area contributed by atoms with Gasteiger partial charge in [0.15, 0.2) is 0 Å². The van der Waals surface area contributed by atoms with Crippen molar-refractivity contribution in [3.05, 3.63) is 22.8 Å². The SMILES string of the molecule is CC(C)(C)C1=CC(C(C)(C)C)=C(CN2CCCCC2)C(=O)C1=O. The molecule has 2 rings (SSSR count). The first-order chi connectivity index (χ1) is 10.5. The second-order valence-electron chi connectivity index (χ2n) is 8.95. The van der Waals surface area contributed by atoms with Gasteiger partial charge in [0.1, 0.15) is 0 Å². The minimum Gasteiger partial charge on any atom is -0.299 e. The number of hydrogen-bond donors (Lipinski definition) is 0. The van der Waals surface area contributed by atoms with Gasteiger partial charge in [-0.2, -0.15) is 0 Å². The summed E-state index contributed by atoms with van der Waals surface area (Å²) in [6.45, 7) is 15.0. The molecule has 0 bridgehead atoms. The molecule has 0 aromatic carbocycles. The zero-order chi connectivity index (χ0) is 17.4. The first kappa shape index (κ1) is 18.1. The number of likely N-dealkylation sites (tertiary alicyclic amines) is 1. The van der Waals surface area contributed by atoms with E-state index in [0.717, 1.165) is 24.2 Å². The summed E-state index contributed by atoms with van der Waals surface area (Å²) in [5, 5.41) is 0. The van der Waals surface area contributed by atoms with Gasteiger partial charge in [0.05, 0.1) is 0 Å². The summed E-state index contributed by atoms with van der Waals surface area (Å²) >= 11 is 0. The molecule has 0 atom stereocenters. The van der Waals surface area contributed by atoms with E-state index < -0.39 is 0 Å². The van der Waals surface area contributed by atoms with E-state index in [1.54, 1.807) is 0 Å². The van der Waals surface area contributed by atoms with Crippen LogP contribution in [0, 0.1) is 10.8 Å². The molecule has 1 heterocycles. The van der Waals surface area contributed by atoms with Crippen LogP contribution >= 0.6 is 0 Å². The monoisotopic (exact) mass is 317 g/mol. The molecule has 0 spiro atoms. The molecular formula is C20H31NO2. The largest absolute Gasteiger partial charge is 0.299 e. The lowest BCUT2D eigenvalue weighted by atomic mass is 9.71. The number of piperidine rings is 1. The van der Waals surface area contributed by atoms with Gasteiger partial charge in [-0.3, -0.25) is 14.5 Å². The Morgan fingerprint density at radius 2 is 1.43 bits per heavy atom. The molecule has 0 saturated carbocycles. The molecule has 0 aromatic rings. The van der Waals surface area contributed by atoms with Gasteiger partial charge in [-0.25, -0.2) is 0 Å². The van der Waals surface area contributed by atoms with Crippen molar-refractivity contribution in [2.75, 3.05) is 19.6 Å². The van der Waals surface area contributed by atoms with Crippen LogP contribution in [0.5, 0.6) is 0 Å². The van der Waals surface area contributed by atoms with Crippen molar-refractivity contribution in [3.63, 3.8) is 0 Å². The fourth-order valence-electron chi connectivity index (χ4n) is 3.40. The number of carbonyl (C=O) groups is 2. The summed E-state index contributed by atoms with van der Waals surface area (Å²) < 4.78 is 0. The highest BCUT2D eigenvalue weighted by Crippen LogP contribution is 2.39. The molecule has 1 saturated heterocycles. The van der Waals surface area contributed by atoms with Crippen molar-refractivity contribution >= 4 is 11.6 Å². The fourth-order valence-corrected chi connectivity index (χ4v) is 3.40. The zero-order valence-corrected chi connectivity index (χ0v) is 15.6. The number of carbonyl (C=O) groups excluding carboxylic acids is 2. The maximum atomic E-state index is 12.8. The van der Waals surface area contributed by atoms with Crippen LogP contribution in [0.1, 0.15) is 60.8 Å². The van der Waals surface area contributed by atoms with Gasteiger partial charge in [-0.1, -0.05) is 54.0 Å². The number of rotatable bonds is 2. The van der Waals surface area contributed by atoms with E-state index in [4.69, 9.17) is 0 Å². The third kappa shape index (κ3) is 4.00. The van der Waals surface area contributed by atoms with Crippen molar-refractivity contribution in [2.24, 2.45) is 10.8 Å². The predicted molar refractivity (Wildman–Crippen MR) is 94.3 cm³/mol. The molecular weight excluding hydrogens is 286 g/mol. The van der Waals surface area contributed by atoms with Gasteiger partial charge >= 0.3 is 0 Å². The normalized spacial score (nSPS) is 21.7. The molecule has 23 heavy (non-hydrogen) atoms. The topological polar surface area (TPSA) is 37.4 Å². The van der Waals surface area contributed by atoms with Crippen LogP contribution in [0.3, 0.4) is 0 Å². The van der Waals surface area contributed by atoms with Gasteiger partial charge < -0.3 is 0 Å². The third-order valence-corrected chi connectivity index (χ3v) is 4.79. The molecule has 1 aliphatic heterocycles. The Morgan fingerprint density at radius 3 is 1.91 bits per heavy atom. The van der Waals surface area contributed by atoms with Gasteiger partial charge in [0.25, 0.3) is 0 Å². The average molecular weight is 317 g/mol. The van der Waals surface area contributed by atoms with Crippen LogP contribution in [0.15, 0.2) is 22.8 Å². The van der Waals surface area contributed by atoms with Crippen LogP contribution in [0.2, 0.25) is 0 Å². The van der Waals surface area contributed by atoms with Gasteiger partial charge in [0, 0.05) is 17.7 Å². The zero-order valence-electron chi connectivity index (χ0n) is 15.6. The summed E-state index contributed by atoms with van der Waals surface area (Å²) in [6.07, 6.45) is 5.64. The Labute approximate surface area is 140 Å². The summed E-state index contributed by atoms with van der Waals surface area (Å²) in [6, 6.07) is 0. The highest BCUT2D eigenvalue weighted by atomic mass is 16.2. The Morgan fingerprint density at radius 1 is 0.870 bits per heavy atom. The quantitative estimate of drug-likeness (QED) is 0.572. The smallest absolute Gasteiger partial charge is 0.230 e. The van der Waals surface area contributed by atoms with Crippen LogP contribution < -0.4 is 0 Å². The van der Waals surface area contributed by atoms with Gasteiger partial charge in [-0.15, -0.1) is 0 Å². The first-order valence-electron chi connectivity index (χ1n) is 8.79. The average Bonchev–Trinajstić information content (AvgIpc) is 2.42. The molecule has 3 heteroatoms. The molecule has 128 valence electrons. The highest BCUT2D eigenvalue weighted by molar-refractivity contribution is 6.50. The van der Waals surface area contributed by atoms with Crippen LogP contribution in [-0.2, 0) is 9.59 Å². The number of allylic oxidation sites excluding steroid dienone is 3. The maximum absolute atomic E-state index is 12.8. The number of ketones is 2. The Bertz CT molecular complexity index is 561. The highest BCUT2D eigenvalue weighted by Gasteiger charge is 2.38. The second-order valence-corrected chi connectivity index (χ2v) is 8.95. The van der Waals surface area contributed by atoms with E-state index in [2.05, 4.69) is 25.7 Å². The van der Waals surface area contributed by atoms with E-state index in [9.17, 15) is 9.59 Å². The second kappa shape index (κ2) is 6.35. The van der Waals surface area contributed by atoms with Crippen molar-refractivity contribution in [1.29, 1.82) is 0 Å². The molecule has 0 amide bonds. The van der Waals surface area contributed by atoms with Gasteiger partial charge in [-0.05, 0) is 42.3 Å². The summed E-state index contributed by atoms with van der Waals surface area (Å²) in [7, 11) is 0.